The van der Waals surface area contributed by atoms with E-state index in [0.29, 0.717) is 0 Å². The molecule has 0 amide bonds. The number of rotatable bonds is 1. The molecule has 0 N–H and O–H groups in total. The van der Waals surface area contributed by atoms with Crippen molar-refractivity contribution in [2.24, 2.45) is 5.92 Å². The number of halogens is 5. The summed E-state index contributed by atoms with van der Waals surface area (Å²) in [5.41, 5.74) is -2.62. The maximum absolute atomic E-state index is 13.5. The fourth-order valence-electron chi connectivity index (χ4n) is 1.09. The molecule has 0 nitrogen and oxygen atoms in total. The van der Waals surface area contributed by atoms with E-state index in [0.717, 1.165) is 6.92 Å². The Morgan fingerprint density at radius 2 is 2.00 bits per heavy atom. The van der Waals surface area contributed by atoms with Crippen LogP contribution in [0.3, 0.4) is 0 Å². The molecule has 0 fully saturated rings. The minimum atomic E-state index is -2.62. The highest BCUT2D eigenvalue weighted by molar-refractivity contribution is 6.18. The second-order valence-electron chi connectivity index (χ2n) is 2.91. The third-order valence-corrected chi connectivity index (χ3v) is 2.53. The topological polar surface area (TPSA) is 0 Å². The Bertz CT molecular complexity index is 284. The van der Waals surface area contributed by atoms with E-state index in [2.05, 4.69) is 0 Å². The van der Waals surface area contributed by atoms with Crippen molar-refractivity contribution >= 4 is 11.6 Å². The first-order valence-electron chi connectivity index (χ1n) is 3.61. The van der Waals surface area contributed by atoms with Crippen molar-refractivity contribution in [3.8, 4) is 0 Å². The van der Waals surface area contributed by atoms with Crippen molar-refractivity contribution in [1.82, 2.24) is 0 Å². The van der Waals surface area contributed by atoms with Gasteiger partial charge in [0, 0.05) is 6.08 Å². The van der Waals surface area contributed by atoms with Crippen molar-refractivity contribution in [2.45, 2.75) is 12.6 Å². The molecule has 0 aromatic carbocycles. The van der Waals surface area contributed by atoms with Gasteiger partial charge in [-0.3, -0.25) is 0 Å². The molecule has 13 heavy (non-hydrogen) atoms. The van der Waals surface area contributed by atoms with E-state index in [9.17, 15) is 17.6 Å². The molecule has 0 aromatic rings. The van der Waals surface area contributed by atoms with Crippen LogP contribution in [-0.2, 0) is 0 Å². The Labute approximate surface area is 77.9 Å². The predicted molar refractivity (Wildman–Crippen MR) is 42.2 cm³/mol. The minimum absolute atomic E-state index is 0.192. The van der Waals surface area contributed by atoms with Crippen LogP contribution in [0.25, 0.3) is 0 Å². The van der Waals surface area contributed by atoms with Gasteiger partial charge in [-0.15, -0.1) is 11.6 Å². The van der Waals surface area contributed by atoms with E-state index in [4.69, 9.17) is 11.6 Å². The van der Waals surface area contributed by atoms with Gasteiger partial charge in [-0.05, 0) is 0 Å². The van der Waals surface area contributed by atoms with Crippen LogP contribution in [0.5, 0.6) is 0 Å². The fourth-order valence-corrected chi connectivity index (χ4v) is 1.45. The summed E-state index contributed by atoms with van der Waals surface area (Å²) in [6.45, 7) is 1.05. The lowest BCUT2D eigenvalue weighted by molar-refractivity contribution is 0.126. The van der Waals surface area contributed by atoms with Crippen LogP contribution in [0.15, 0.2) is 23.6 Å². The van der Waals surface area contributed by atoms with Gasteiger partial charge in [-0.1, -0.05) is 6.92 Å². The monoisotopic (exact) mass is 214 g/mol. The van der Waals surface area contributed by atoms with E-state index in [-0.39, 0.29) is 6.08 Å². The summed E-state index contributed by atoms with van der Waals surface area (Å²) < 4.78 is 51.7. The molecule has 1 rings (SSSR count). The van der Waals surface area contributed by atoms with Gasteiger partial charge < -0.3 is 0 Å². The van der Waals surface area contributed by atoms with Crippen molar-refractivity contribution in [1.29, 1.82) is 0 Å². The number of allylic oxidation sites excluding steroid dienone is 4. The van der Waals surface area contributed by atoms with Crippen LogP contribution in [0.2, 0.25) is 0 Å². The first kappa shape index (κ1) is 10.6. The number of hydrogen-bond acceptors (Lipinski definition) is 0. The van der Waals surface area contributed by atoms with Gasteiger partial charge in [0.15, 0.2) is 11.5 Å². The highest BCUT2D eigenvalue weighted by Gasteiger charge is 2.46. The average molecular weight is 215 g/mol. The zero-order valence-electron chi connectivity index (χ0n) is 6.75. The van der Waals surface area contributed by atoms with Crippen molar-refractivity contribution in [3.63, 3.8) is 0 Å². The summed E-state index contributed by atoms with van der Waals surface area (Å²) in [5, 5.41) is 0. The van der Waals surface area contributed by atoms with Crippen LogP contribution in [-0.4, -0.2) is 11.5 Å². The first-order chi connectivity index (χ1) is 5.93. The van der Waals surface area contributed by atoms with Gasteiger partial charge in [0.05, 0.1) is 11.8 Å². The molecule has 0 bridgehead atoms. The summed E-state index contributed by atoms with van der Waals surface area (Å²) >= 11 is 5.16. The molecule has 74 valence electrons. The van der Waals surface area contributed by atoms with E-state index in [1.54, 1.807) is 0 Å². The Morgan fingerprint density at radius 1 is 1.46 bits per heavy atom. The molecule has 0 spiro atoms. The van der Waals surface area contributed by atoms with Crippen LogP contribution in [0, 0.1) is 5.92 Å². The molecule has 1 aliphatic rings. The molecule has 0 aromatic heterocycles. The third-order valence-electron chi connectivity index (χ3n) is 2.14. The summed E-state index contributed by atoms with van der Waals surface area (Å²) in [4.78, 5) is 0. The molecular weight excluding hydrogens is 208 g/mol. The second-order valence-corrected chi connectivity index (χ2v) is 3.17. The van der Waals surface area contributed by atoms with Gasteiger partial charge in [0.2, 0.25) is 0 Å². The molecule has 0 saturated heterocycles. The molecule has 2 unspecified atom stereocenters. The average Bonchev–Trinajstić information content (AvgIpc) is 2.11. The van der Waals surface area contributed by atoms with Crippen molar-refractivity contribution < 1.29 is 17.6 Å². The van der Waals surface area contributed by atoms with Crippen molar-refractivity contribution in [2.75, 3.05) is 5.88 Å². The standard InChI is InChI=1S/C8H7ClF4/c1-4-7(12)5(10)2-6(11)8(4,13)3-9/h2,4H,3H2,1H3. The van der Waals surface area contributed by atoms with Crippen LogP contribution < -0.4 is 0 Å². The summed E-state index contributed by atoms with van der Waals surface area (Å²) in [7, 11) is 0. The highest BCUT2D eigenvalue weighted by Crippen LogP contribution is 2.43. The van der Waals surface area contributed by atoms with Crippen LogP contribution in [0.4, 0.5) is 17.6 Å². The third kappa shape index (κ3) is 1.47. The lowest BCUT2D eigenvalue weighted by Crippen LogP contribution is -2.37. The van der Waals surface area contributed by atoms with Gasteiger partial charge >= 0.3 is 0 Å². The molecule has 0 heterocycles. The Kier molecular flexibility index (Phi) is 2.71. The predicted octanol–water partition coefficient (Wildman–Crippen LogP) is 3.59. The Morgan fingerprint density at radius 3 is 2.46 bits per heavy atom. The lowest BCUT2D eigenvalue weighted by Gasteiger charge is -2.29. The van der Waals surface area contributed by atoms with Gasteiger partial charge in [0.25, 0.3) is 0 Å². The van der Waals surface area contributed by atoms with Crippen LogP contribution in [0.1, 0.15) is 6.92 Å². The van der Waals surface area contributed by atoms with Gasteiger partial charge in [-0.2, -0.15) is 0 Å². The molecule has 0 radical (unpaired) electrons. The quantitative estimate of drug-likeness (QED) is 0.462. The largest absolute Gasteiger partial charge is 0.234 e. The van der Waals surface area contributed by atoms with E-state index in [1.807, 2.05) is 0 Å². The van der Waals surface area contributed by atoms with Gasteiger partial charge in [0.1, 0.15) is 11.7 Å². The van der Waals surface area contributed by atoms with Gasteiger partial charge in [-0.25, -0.2) is 17.6 Å². The first-order valence-corrected chi connectivity index (χ1v) is 4.14. The molecule has 2 atom stereocenters. The molecule has 0 aliphatic heterocycles. The van der Waals surface area contributed by atoms with Crippen LogP contribution >= 0.6 is 11.6 Å². The lowest BCUT2D eigenvalue weighted by atomic mass is 9.86. The maximum Gasteiger partial charge on any atom is 0.184 e. The minimum Gasteiger partial charge on any atom is -0.234 e. The molecule has 0 saturated carbocycles. The molecule has 5 heteroatoms. The van der Waals surface area contributed by atoms with E-state index >= 15 is 0 Å². The highest BCUT2D eigenvalue weighted by atomic mass is 35.5. The fraction of sp³-hybridized carbons (Fsp3) is 0.500. The smallest absolute Gasteiger partial charge is 0.184 e. The maximum atomic E-state index is 13.5. The summed E-state index contributed by atoms with van der Waals surface area (Å²) in [5.74, 6) is -6.30. The van der Waals surface area contributed by atoms with E-state index in [1.165, 1.54) is 0 Å². The summed E-state index contributed by atoms with van der Waals surface area (Å²) in [6.07, 6.45) is 0.192. The molecular formula is C8H7ClF4. The second kappa shape index (κ2) is 3.33. The summed E-state index contributed by atoms with van der Waals surface area (Å²) in [6, 6.07) is 0. The van der Waals surface area contributed by atoms with Crippen molar-refractivity contribution in [3.05, 3.63) is 23.6 Å². The molecule has 1 aliphatic carbocycles. The number of alkyl halides is 2. The number of hydrogen-bond donors (Lipinski definition) is 0. The SMILES string of the molecule is CC1C(F)=C(F)C=C(F)C1(F)CCl. The Balaban J connectivity index is 3.16. The zero-order valence-corrected chi connectivity index (χ0v) is 7.51. The van der Waals surface area contributed by atoms with E-state index < -0.39 is 34.9 Å². The Hall–Kier alpha value is -0.510. The zero-order chi connectivity index (χ0) is 10.2. The normalized spacial score (nSPS) is 34.9.